The van der Waals surface area contributed by atoms with E-state index in [4.69, 9.17) is 5.73 Å². The Morgan fingerprint density at radius 2 is 1.20 bits per heavy atom. The smallest absolute Gasteiger partial charge is 0.157 e. The van der Waals surface area contributed by atoms with E-state index in [2.05, 4.69) is 4.90 Å². The normalized spacial score (nSPS) is 14.6. The van der Waals surface area contributed by atoms with Gasteiger partial charge >= 0.3 is 0 Å². The van der Waals surface area contributed by atoms with Gasteiger partial charge in [0, 0.05) is 32.0 Å². The summed E-state index contributed by atoms with van der Waals surface area (Å²) in [7, 11) is 0. The molecule has 2 N–H and O–H groups in total. The average molecular weight is 451 g/mol. The molecule has 4 nitrogen and oxygen atoms in total. The molecule has 0 atom stereocenters. The number of halogens is 2. The Morgan fingerprint density at radius 3 is 1.60 bits per heavy atom. The molecule has 0 aliphatic carbocycles. The van der Waals surface area contributed by atoms with E-state index in [1.54, 1.807) is 0 Å². The highest BCUT2D eigenvalue weighted by molar-refractivity contribution is 6.06. The lowest BCUT2D eigenvalue weighted by Gasteiger charge is -2.35. The second-order valence-electron chi connectivity index (χ2n) is 7.68. The molecule has 1 saturated heterocycles. The van der Waals surface area contributed by atoms with Crippen LogP contribution in [0.25, 0.3) is 0 Å². The van der Waals surface area contributed by atoms with Gasteiger partial charge in [-0.1, -0.05) is 60.7 Å². The van der Waals surface area contributed by atoms with Crippen LogP contribution in [0.1, 0.15) is 36.8 Å². The maximum absolute atomic E-state index is 13.1. The number of carbonyl (C=O) groups excluding carboxylic acids is 2. The Morgan fingerprint density at radius 1 is 0.800 bits per heavy atom. The molecule has 30 heavy (non-hydrogen) atoms. The van der Waals surface area contributed by atoms with Crippen LogP contribution in [0.2, 0.25) is 0 Å². The highest BCUT2D eigenvalue weighted by Crippen LogP contribution is 2.17. The number of nitrogens with zero attached hydrogens (tertiary/aromatic N) is 1. The quantitative estimate of drug-likeness (QED) is 0.585. The van der Waals surface area contributed by atoms with Crippen LogP contribution >= 0.6 is 24.8 Å². The highest BCUT2D eigenvalue weighted by Gasteiger charge is 2.33. The van der Waals surface area contributed by atoms with E-state index in [-0.39, 0.29) is 42.4 Å². The summed E-state index contributed by atoms with van der Waals surface area (Å²) in [6.07, 6.45) is 3.83. The van der Waals surface area contributed by atoms with Crippen molar-refractivity contribution in [2.24, 2.45) is 5.73 Å². The van der Waals surface area contributed by atoms with Crippen LogP contribution in [0, 0.1) is 0 Å². The number of hydrogen-bond donors (Lipinski definition) is 1. The van der Waals surface area contributed by atoms with Gasteiger partial charge in [0.1, 0.15) is 6.04 Å². The number of Topliss-reactive ketones (excluding diaryl/α,β-unsaturated/α-hetero) is 2. The minimum Gasteiger partial charge on any atom is -0.328 e. The molecule has 1 fully saturated rings. The van der Waals surface area contributed by atoms with Gasteiger partial charge < -0.3 is 5.73 Å². The third kappa shape index (κ3) is 7.84. The number of ketones is 2. The molecule has 0 aromatic heterocycles. The van der Waals surface area contributed by atoms with Gasteiger partial charge in [0.05, 0.1) is 0 Å². The third-order valence-electron chi connectivity index (χ3n) is 5.56. The summed E-state index contributed by atoms with van der Waals surface area (Å²) in [5, 5.41) is 0. The number of benzene rings is 2. The lowest BCUT2D eigenvalue weighted by Crippen LogP contribution is -2.52. The van der Waals surface area contributed by atoms with Gasteiger partial charge in [-0.05, 0) is 36.8 Å². The van der Waals surface area contributed by atoms with Gasteiger partial charge in [-0.3, -0.25) is 14.5 Å². The number of hydrogen-bond acceptors (Lipinski definition) is 4. The first-order chi connectivity index (χ1) is 13.6. The molecule has 2 aromatic rings. The van der Waals surface area contributed by atoms with Crippen LogP contribution in [0.15, 0.2) is 60.7 Å². The first kappa shape index (κ1) is 26.3. The molecular weight excluding hydrogens is 419 g/mol. The maximum Gasteiger partial charge on any atom is 0.157 e. The van der Waals surface area contributed by atoms with Crippen molar-refractivity contribution in [3.8, 4) is 0 Å². The molecular formula is C24H32Cl2N2O2. The van der Waals surface area contributed by atoms with Crippen molar-refractivity contribution in [2.75, 3.05) is 13.1 Å². The van der Waals surface area contributed by atoms with Crippen LogP contribution in [0.3, 0.4) is 0 Å². The fourth-order valence-corrected chi connectivity index (χ4v) is 3.86. The summed E-state index contributed by atoms with van der Waals surface area (Å²) < 4.78 is 0. The summed E-state index contributed by atoms with van der Waals surface area (Å²) >= 11 is 0. The molecule has 2 aromatic carbocycles. The first-order valence-corrected chi connectivity index (χ1v) is 10.3. The maximum atomic E-state index is 13.1. The molecule has 6 heteroatoms. The van der Waals surface area contributed by atoms with Crippen LogP contribution in [-0.2, 0) is 22.4 Å². The van der Waals surface area contributed by atoms with Crippen LogP contribution in [0.5, 0.6) is 0 Å². The molecule has 164 valence electrons. The van der Waals surface area contributed by atoms with Crippen LogP contribution in [0.4, 0.5) is 0 Å². The van der Waals surface area contributed by atoms with Crippen molar-refractivity contribution >= 4 is 36.4 Å². The Kier molecular flexibility index (Phi) is 11.9. The highest BCUT2D eigenvalue weighted by atomic mass is 35.5. The monoisotopic (exact) mass is 450 g/mol. The van der Waals surface area contributed by atoms with Crippen molar-refractivity contribution < 1.29 is 9.59 Å². The van der Waals surface area contributed by atoms with Gasteiger partial charge in [-0.25, -0.2) is 0 Å². The molecule has 0 spiro atoms. The van der Waals surface area contributed by atoms with Gasteiger partial charge in [0.25, 0.3) is 0 Å². The average Bonchev–Trinajstić information content (AvgIpc) is 2.74. The number of likely N-dealkylation sites (tertiary alicyclic amines) is 1. The Bertz CT molecular complexity index is 708. The number of aryl methyl sites for hydroxylation is 2. The summed E-state index contributed by atoms with van der Waals surface area (Å²) in [6.45, 7) is 1.44. The van der Waals surface area contributed by atoms with E-state index in [9.17, 15) is 9.59 Å². The summed E-state index contributed by atoms with van der Waals surface area (Å²) in [4.78, 5) is 28.2. The first-order valence-electron chi connectivity index (χ1n) is 10.3. The van der Waals surface area contributed by atoms with Gasteiger partial charge in [-0.15, -0.1) is 24.8 Å². The summed E-state index contributed by atoms with van der Waals surface area (Å²) in [6, 6.07) is 19.5. The van der Waals surface area contributed by atoms with Crippen LogP contribution in [-0.4, -0.2) is 41.6 Å². The molecule has 1 aliphatic heterocycles. The van der Waals surface area contributed by atoms with Crippen molar-refractivity contribution in [3.05, 3.63) is 71.8 Å². The largest absolute Gasteiger partial charge is 0.328 e. The van der Waals surface area contributed by atoms with Crippen molar-refractivity contribution in [2.45, 2.75) is 50.6 Å². The SMILES string of the molecule is Cl.Cl.NC1CCN(C(C(=O)CCc2ccccc2)C(=O)CCc2ccccc2)CC1. The van der Waals surface area contributed by atoms with Gasteiger partial charge in [0.2, 0.25) is 0 Å². The predicted molar refractivity (Wildman–Crippen MR) is 127 cm³/mol. The second kappa shape index (κ2) is 13.6. The number of carbonyl (C=O) groups is 2. The summed E-state index contributed by atoms with van der Waals surface area (Å²) in [5.74, 6) is 0.0785. The number of piperidine rings is 1. The third-order valence-corrected chi connectivity index (χ3v) is 5.56. The molecule has 0 bridgehead atoms. The summed E-state index contributed by atoms with van der Waals surface area (Å²) in [5.41, 5.74) is 8.29. The van der Waals surface area contributed by atoms with E-state index >= 15 is 0 Å². The van der Waals surface area contributed by atoms with Gasteiger partial charge in [0.15, 0.2) is 11.6 Å². The Labute approximate surface area is 192 Å². The molecule has 0 radical (unpaired) electrons. The minimum absolute atomic E-state index is 0. The zero-order chi connectivity index (χ0) is 19.8. The number of nitrogens with two attached hydrogens (primary N) is 1. The standard InChI is InChI=1S/C24H30N2O2.2ClH/c25-21-15-17-26(18-16-21)24(22(27)13-11-19-7-3-1-4-8-19)23(28)14-12-20-9-5-2-6-10-20;;/h1-10,21,24H,11-18,25H2;2*1H. The Balaban J connectivity index is 0.00000225. The van der Waals surface area contributed by atoms with Crippen molar-refractivity contribution in [3.63, 3.8) is 0 Å². The van der Waals surface area contributed by atoms with E-state index < -0.39 is 6.04 Å². The predicted octanol–water partition coefficient (Wildman–Crippen LogP) is 4.03. The van der Waals surface area contributed by atoms with E-state index in [0.29, 0.717) is 25.7 Å². The lowest BCUT2D eigenvalue weighted by atomic mass is 9.93. The second-order valence-corrected chi connectivity index (χ2v) is 7.68. The topological polar surface area (TPSA) is 63.4 Å². The molecule has 3 rings (SSSR count). The number of rotatable bonds is 9. The van der Waals surface area contributed by atoms with Crippen molar-refractivity contribution in [1.82, 2.24) is 4.90 Å². The van der Waals surface area contributed by atoms with E-state index in [0.717, 1.165) is 37.1 Å². The molecule has 0 saturated carbocycles. The zero-order valence-electron chi connectivity index (χ0n) is 17.2. The van der Waals surface area contributed by atoms with Gasteiger partial charge in [-0.2, -0.15) is 0 Å². The van der Waals surface area contributed by atoms with E-state index in [1.807, 2.05) is 60.7 Å². The fourth-order valence-electron chi connectivity index (χ4n) is 3.86. The van der Waals surface area contributed by atoms with E-state index in [1.165, 1.54) is 0 Å². The zero-order valence-corrected chi connectivity index (χ0v) is 18.9. The molecule has 0 unspecified atom stereocenters. The Hall–Kier alpha value is -1.72. The molecule has 1 heterocycles. The molecule has 1 aliphatic rings. The minimum atomic E-state index is -0.625. The molecule has 0 amide bonds. The van der Waals surface area contributed by atoms with Crippen LogP contribution < -0.4 is 5.73 Å². The lowest BCUT2D eigenvalue weighted by molar-refractivity contribution is -0.135. The fraction of sp³-hybridized carbons (Fsp3) is 0.417. The van der Waals surface area contributed by atoms with Crippen molar-refractivity contribution in [1.29, 1.82) is 0 Å².